The predicted octanol–water partition coefficient (Wildman–Crippen LogP) is 2.95. The van der Waals surface area contributed by atoms with E-state index in [2.05, 4.69) is 27.6 Å². The molecule has 70 valence electrons. The maximum atomic E-state index is 5.79. The lowest BCUT2D eigenvalue weighted by molar-refractivity contribution is 0.291. The summed E-state index contributed by atoms with van der Waals surface area (Å²) in [6, 6.07) is 1.98. The highest BCUT2D eigenvalue weighted by atomic mass is 127. The van der Waals surface area contributed by atoms with Crippen LogP contribution >= 0.6 is 34.4 Å². The summed E-state index contributed by atoms with van der Waals surface area (Å²) in [6.07, 6.45) is 6.69. The van der Waals surface area contributed by atoms with Gasteiger partial charge in [-0.1, -0.05) is 0 Å². The fraction of sp³-hybridized carbons (Fsp3) is 0.444. The zero-order valence-electron chi connectivity index (χ0n) is 7.29. The van der Waals surface area contributed by atoms with Gasteiger partial charge in [-0.15, -0.1) is 11.8 Å². The number of hydrogen-bond acceptors (Lipinski definition) is 3. The van der Waals surface area contributed by atoms with E-state index >= 15 is 0 Å². The van der Waals surface area contributed by atoms with E-state index in [1.807, 2.05) is 18.5 Å². The van der Waals surface area contributed by atoms with E-state index in [9.17, 15) is 0 Å². The monoisotopic (exact) mass is 307 g/mol. The number of halogens is 1. The minimum Gasteiger partial charge on any atom is -0.486 e. The molecule has 0 atom stereocenters. The molecule has 1 fully saturated rings. The van der Waals surface area contributed by atoms with Crippen LogP contribution < -0.4 is 4.74 Å². The molecule has 0 unspecified atom stereocenters. The molecular formula is C9H10INOS. The summed E-state index contributed by atoms with van der Waals surface area (Å²) >= 11 is 3.93. The lowest BCUT2D eigenvalue weighted by atomic mass is 10.4. The van der Waals surface area contributed by atoms with Crippen LogP contribution in [0.15, 0.2) is 17.3 Å². The molecule has 0 spiro atoms. The normalized spacial score (nSPS) is 15.8. The van der Waals surface area contributed by atoms with Crippen LogP contribution in [0.25, 0.3) is 0 Å². The van der Waals surface area contributed by atoms with Crippen molar-refractivity contribution in [2.24, 2.45) is 0 Å². The van der Waals surface area contributed by atoms with E-state index in [1.165, 1.54) is 12.8 Å². The minimum atomic E-state index is 0.448. The van der Waals surface area contributed by atoms with Crippen LogP contribution in [0.5, 0.6) is 5.75 Å². The summed E-state index contributed by atoms with van der Waals surface area (Å²) in [5.74, 6) is 0.970. The van der Waals surface area contributed by atoms with E-state index in [0.717, 1.165) is 14.3 Å². The third-order valence-electron chi connectivity index (χ3n) is 1.83. The average Bonchev–Trinajstić information content (AvgIpc) is 2.92. The first kappa shape index (κ1) is 9.58. The van der Waals surface area contributed by atoms with Crippen molar-refractivity contribution in [2.75, 3.05) is 6.26 Å². The Bertz CT molecular complexity index is 314. The summed E-state index contributed by atoms with van der Waals surface area (Å²) in [4.78, 5) is 4.27. The highest BCUT2D eigenvalue weighted by molar-refractivity contribution is 14.1. The lowest BCUT2D eigenvalue weighted by Gasteiger charge is -2.09. The second-order valence-corrected chi connectivity index (χ2v) is 4.91. The molecule has 1 aromatic heterocycles. The van der Waals surface area contributed by atoms with E-state index in [1.54, 1.807) is 11.8 Å². The molecule has 0 radical (unpaired) electrons. The summed E-state index contributed by atoms with van der Waals surface area (Å²) in [6.45, 7) is 0. The number of pyridine rings is 1. The molecule has 1 aliphatic rings. The Balaban J connectivity index is 2.27. The second-order valence-electron chi connectivity index (χ2n) is 2.95. The fourth-order valence-corrected chi connectivity index (χ4v) is 2.25. The highest BCUT2D eigenvalue weighted by Gasteiger charge is 2.25. The van der Waals surface area contributed by atoms with Crippen LogP contribution in [0.4, 0.5) is 0 Å². The zero-order valence-corrected chi connectivity index (χ0v) is 10.3. The van der Waals surface area contributed by atoms with Gasteiger partial charge < -0.3 is 4.74 Å². The second kappa shape index (κ2) is 4.04. The summed E-state index contributed by atoms with van der Waals surface area (Å²) in [7, 11) is 0. The quantitative estimate of drug-likeness (QED) is 0.633. The maximum absolute atomic E-state index is 5.79. The first-order chi connectivity index (χ1) is 6.31. The minimum absolute atomic E-state index is 0.448. The standard InChI is InChI=1S/C9H10INOS/c1-13-9-8(12-6-2-3-6)7(10)4-5-11-9/h4-6H,2-3H2,1H3. The Kier molecular flexibility index (Phi) is 2.98. The molecule has 0 aliphatic heterocycles. The van der Waals surface area contributed by atoms with Crippen molar-refractivity contribution in [3.63, 3.8) is 0 Å². The van der Waals surface area contributed by atoms with Gasteiger partial charge in [-0.3, -0.25) is 0 Å². The Morgan fingerprint density at radius 2 is 2.38 bits per heavy atom. The van der Waals surface area contributed by atoms with Crippen LogP contribution in [0.1, 0.15) is 12.8 Å². The first-order valence-corrected chi connectivity index (χ1v) is 6.46. The molecule has 1 aromatic rings. The summed E-state index contributed by atoms with van der Waals surface area (Å²) in [5.41, 5.74) is 0. The van der Waals surface area contributed by atoms with E-state index < -0.39 is 0 Å². The Morgan fingerprint density at radius 3 is 3.00 bits per heavy atom. The molecular weight excluding hydrogens is 297 g/mol. The molecule has 0 bridgehead atoms. The SMILES string of the molecule is CSc1nccc(I)c1OC1CC1. The van der Waals surface area contributed by atoms with Gasteiger partial charge in [0.05, 0.1) is 9.67 Å². The van der Waals surface area contributed by atoms with Gasteiger partial charge in [0.2, 0.25) is 0 Å². The molecule has 1 saturated carbocycles. The lowest BCUT2D eigenvalue weighted by Crippen LogP contribution is -2.00. The molecule has 1 aliphatic carbocycles. The Hall–Kier alpha value is 0.0300. The van der Waals surface area contributed by atoms with E-state index in [4.69, 9.17) is 4.74 Å². The predicted molar refractivity (Wildman–Crippen MR) is 62.4 cm³/mol. The average molecular weight is 307 g/mol. The third kappa shape index (κ3) is 2.28. The topological polar surface area (TPSA) is 22.1 Å². The molecule has 4 heteroatoms. The van der Waals surface area contributed by atoms with E-state index in [0.29, 0.717) is 6.10 Å². The van der Waals surface area contributed by atoms with Gasteiger partial charge in [0.25, 0.3) is 0 Å². The molecule has 13 heavy (non-hydrogen) atoms. The van der Waals surface area contributed by atoms with Crippen LogP contribution in [0.2, 0.25) is 0 Å². The number of aromatic nitrogens is 1. The molecule has 0 amide bonds. The molecule has 1 heterocycles. The molecule has 2 nitrogen and oxygen atoms in total. The van der Waals surface area contributed by atoms with Gasteiger partial charge in [-0.25, -0.2) is 4.98 Å². The van der Waals surface area contributed by atoms with Crippen molar-refractivity contribution in [1.29, 1.82) is 0 Å². The van der Waals surface area contributed by atoms with Gasteiger partial charge in [-0.2, -0.15) is 0 Å². The number of hydrogen-bond donors (Lipinski definition) is 0. The van der Waals surface area contributed by atoms with Crippen LogP contribution in [0.3, 0.4) is 0 Å². The van der Waals surface area contributed by atoms with Crippen molar-refractivity contribution in [3.05, 3.63) is 15.8 Å². The van der Waals surface area contributed by atoms with Crippen molar-refractivity contribution in [3.8, 4) is 5.75 Å². The van der Waals surface area contributed by atoms with Crippen molar-refractivity contribution in [1.82, 2.24) is 4.98 Å². The third-order valence-corrected chi connectivity index (χ3v) is 3.35. The summed E-state index contributed by atoms with van der Waals surface area (Å²) in [5, 5.41) is 0.999. The van der Waals surface area contributed by atoms with Crippen LogP contribution in [0, 0.1) is 3.57 Å². The van der Waals surface area contributed by atoms with Crippen LogP contribution in [-0.4, -0.2) is 17.3 Å². The molecule has 0 aromatic carbocycles. The fourth-order valence-electron chi connectivity index (χ4n) is 1.01. The van der Waals surface area contributed by atoms with Gasteiger partial charge in [-0.05, 0) is 47.8 Å². The number of nitrogens with zero attached hydrogens (tertiary/aromatic N) is 1. The summed E-state index contributed by atoms with van der Waals surface area (Å²) < 4.78 is 6.94. The molecule has 0 saturated heterocycles. The molecule has 2 rings (SSSR count). The number of rotatable bonds is 3. The zero-order chi connectivity index (χ0) is 9.26. The van der Waals surface area contributed by atoms with Crippen molar-refractivity contribution < 1.29 is 4.74 Å². The van der Waals surface area contributed by atoms with E-state index in [-0.39, 0.29) is 0 Å². The van der Waals surface area contributed by atoms with Gasteiger partial charge in [0.15, 0.2) is 5.75 Å². The Morgan fingerprint density at radius 1 is 1.62 bits per heavy atom. The largest absolute Gasteiger partial charge is 0.486 e. The number of ether oxygens (including phenoxy) is 1. The van der Waals surface area contributed by atoms with Gasteiger partial charge in [0, 0.05) is 6.20 Å². The van der Waals surface area contributed by atoms with Crippen LogP contribution in [-0.2, 0) is 0 Å². The Labute approximate surface area is 95.6 Å². The van der Waals surface area contributed by atoms with Crippen molar-refractivity contribution in [2.45, 2.75) is 24.0 Å². The smallest absolute Gasteiger partial charge is 0.165 e. The van der Waals surface area contributed by atoms with Gasteiger partial charge in [0.1, 0.15) is 5.03 Å². The van der Waals surface area contributed by atoms with Crippen molar-refractivity contribution >= 4 is 34.4 Å². The highest BCUT2D eigenvalue weighted by Crippen LogP contribution is 2.35. The van der Waals surface area contributed by atoms with Gasteiger partial charge >= 0.3 is 0 Å². The number of thioether (sulfide) groups is 1. The maximum Gasteiger partial charge on any atom is 0.165 e. The first-order valence-electron chi connectivity index (χ1n) is 4.16. The molecule has 0 N–H and O–H groups in total.